The highest BCUT2D eigenvalue weighted by Gasteiger charge is 2.33. The van der Waals surface area contributed by atoms with E-state index in [4.69, 9.17) is 5.73 Å². The molecule has 0 aliphatic carbocycles. The van der Waals surface area contributed by atoms with Crippen molar-refractivity contribution in [3.8, 4) is 0 Å². The van der Waals surface area contributed by atoms with Gasteiger partial charge in [-0.3, -0.25) is 4.79 Å². The van der Waals surface area contributed by atoms with Gasteiger partial charge in [-0.1, -0.05) is 19.9 Å². The van der Waals surface area contributed by atoms with Crippen LogP contribution in [0.3, 0.4) is 0 Å². The largest absolute Gasteiger partial charge is 0.350 e. The maximum absolute atomic E-state index is 12.3. The van der Waals surface area contributed by atoms with Crippen LogP contribution in [0.1, 0.15) is 32.4 Å². The molecule has 22 heavy (non-hydrogen) atoms. The van der Waals surface area contributed by atoms with E-state index in [1.165, 1.54) is 0 Å². The minimum atomic E-state index is -0.459. The first kappa shape index (κ1) is 20.7. The number of hydrogen-bond donors (Lipinski definition) is 2. The van der Waals surface area contributed by atoms with Crippen LogP contribution in [-0.2, 0) is 11.3 Å². The molecule has 0 radical (unpaired) electrons. The third-order valence-corrected chi connectivity index (χ3v) is 4.07. The number of carbonyl (C=O) groups is 1. The number of amides is 1. The Balaban J connectivity index is 0.00000220. The summed E-state index contributed by atoms with van der Waals surface area (Å²) in [5.74, 6) is 0.0158. The summed E-state index contributed by atoms with van der Waals surface area (Å²) in [6, 6.07) is 5.83. The van der Waals surface area contributed by atoms with Crippen molar-refractivity contribution >= 4 is 36.4 Å². The van der Waals surface area contributed by atoms with Crippen molar-refractivity contribution in [2.24, 2.45) is 11.1 Å². The Morgan fingerprint density at radius 3 is 2.55 bits per heavy atom. The fourth-order valence-corrected chi connectivity index (χ4v) is 2.38. The molecule has 7 heteroatoms. The van der Waals surface area contributed by atoms with Gasteiger partial charge in [0, 0.05) is 18.9 Å². The monoisotopic (exact) mass is 346 g/mol. The molecule has 0 aliphatic heterocycles. The molecule has 2 aromatic heterocycles. The topological polar surface area (TPSA) is 72.4 Å². The Labute approximate surface area is 143 Å². The highest BCUT2D eigenvalue weighted by molar-refractivity contribution is 5.85. The number of aromatic nitrogens is 2. The fourth-order valence-electron chi connectivity index (χ4n) is 2.38. The van der Waals surface area contributed by atoms with E-state index in [-0.39, 0.29) is 30.7 Å². The molecule has 0 unspecified atom stereocenters. The van der Waals surface area contributed by atoms with Crippen molar-refractivity contribution in [1.82, 2.24) is 14.7 Å². The maximum atomic E-state index is 12.3. The number of halogens is 2. The molecule has 0 bridgehead atoms. The Morgan fingerprint density at radius 2 is 2.00 bits per heavy atom. The number of carbonyl (C=O) groups excluding carboxylic acids is 1. The Kier molecular flexibility index (Phi) is 8.45. The van der Waals surface area contributed by atoms with Gasteiger partial charge in [0.25, 0.3) is 0 Å². The highest BCUT2D eigenvalue weighted by Crippen LogP contribution is 2.25. The van der Waals surface area contributed by atoms with Gasteiger partial charge in [0.05, 0.1) is 17.7 Å². The predicted octanol–water partition coefficient (Wildman–Crippen LogP) is 2.56. The summed E-state index contributed by atoms with van der Waals surface area (Å²) in [4.78, 5) is 16.8. The molecule has 124 valence electrons. The third kappa shape index (κ3) is 4.12. The van der Waals surface area contributed by atoms with E-state index >= 15 is 0 Å². The average Bonchev–Trinajstić information content (AvgIpc) is 2.90. The van der Waals surface area contributed by atoms with Gasteiger partial charge >= 0.3 is 0 Å². The molecule has 0 saturated carbocycles. The average molecular weight is 347 g/mol. The fraction of sp³-hybridized carbons (Fsp3) is 0.467. The van der Waals surface area contributed by atoms with Crippen molar-refractivity contribution < 1.29 is 4.79 Å². The number of nitrogens with two attached hydrogens (primary N) is 1. The Hall–Kier alpha value is -1.30. The Morgan fingerprint density at radius 1 is 1.32 bits per heavy atom. The lowest BCUT2D eigenvalue weighted by molar-refractivity contribution is -0.131. The first-order valence-corrected chi connectivity index (χ1v) is 7.06. The second-order valence-corrected chi connectivity index (χ2v) is 5.07. The van der Waals surface area contributed by atoms with E-state index in [0.717, 1.165) is 24.2 Å². The van der Waals surface area contributed by atoms with E-state index in [1.54, 1.807) is 0 Å². The van der Waals surface area contributed by atoms with Crippen LogP contribution in [0.4, 0.5) is 0 Å². The SMILES string of the molecule is CCC(CC)(CN)C(=O)NCc1cn2ccccc2n1.Cl.Cl. The minimum absolute atomic E-state index is 0. The summed E-state index contributed by atoms with van der Waals surface area (Å²) in [5.41, 5.74) is 7.05. The third-order valence-electron chi connectivity index (χ3n) is 4.07. The van der Waals surface area contributed by atoms with Crippen LogP contribution in [0.5, 0.6) is 0 Å². The van der Waals surface area contributed by atoms with Crippen LogP contribution in [0.2, 0.25) is 0 Å². The molecule has 0 atom stereocenters. The normalized spacial score (nSPS) is 10.7. The van der Waals surface area contributed by atoms with Crippen LogP contribution < -0.4 is 11.1 Å². The van der Waals surface area contributed by atoms with Gasteiger partial charge in [-0.05, 0) is 25.0 Å². The number of imidazole rings is 1. The van der Waals surface area contributed by atoms with Gasteiger partial charge in [0.15, 0.2) is 0 Å². The van der Waals surface area contributed by atoms with Crippen LogP contribution in [0.25, 0.3) is 5.65 Å². The summed E-state index contributed by atoms with van der Waals surface area (Å²) >= 11 is 0. The summed E-state index contributed by atoms with van der Waals surface area (Å²) in [6.45, 7) is 4.81. The zero-order chi connectivity index (χ0) is 14.6. The van der Waals surface area contributed by atoms with Gasteiger partial charge in [0.2, 0.25) is 5.91 Å². The standard InChI is InChI=1S/C15H22N4O.2ClH/c1-3-15(4-2,11-16)14(20)17-9-12-10-19-8-6-5-7-13(19)18-12;;/h5-8,10H,3-4,9,11,16H2,1-2H3,(H,17,20);2*1H. The van der Waals surface area contributed by atoms with E-state index in [9.17, 15) is 4.79 Å². The van der Waals surface area contributed by atoms with Crippen LogP contribution >= 0.6 is 24.8 Å². The van der Waals surface area contributed by atoms with E-state index in [0.29, 0.717) is 13.1 Å². The van der Waals surface area contributed by atoms with Crippen molar-refractivity contribution in [3.63, 3.8) is 0 Å². The molecular weight excluding hydrogens is 323 g/mol. The molecule has 2 rings (SSSR count). The molecule has 2 heterocycles. The predicted molar refractivity (Wildman–Crippen MR) is 93.6 cm³/mol. The number of pyridine rings is 1. The molecule has 3 N–H and O–H groups in total. The summed E-state index contributed by atoms with van der Waals surface area (Å²) < 4.78 is 1.94. The maximum Gasteiger partial charge on any atom is 0.227 e. The van der Waals surface area contributed by atoms with E-state index in [2.05, 4.69) is 10.3 Å². The highest BCUT2D eigenvalue weighted by atomic mass is 35.5. The van der Waals surface area contributed by atoms with Gasteiger partial charge in [-0.25, -0.2) is 4.98 Å². The molecule has 0 aromatic carbocycles. The second-order valence-electron chi connectivity index (χ2n) is 5.07. The van der Waals surface area contributed by atoms with Gasteiger partial charge < -0.3 is 15.5 Å². The van der Waals surface area contributed by atoms with E-state index < -0.39 is 5.41 Å². The van der Waals surface area contributed by atoms with Crippen molar-refractivity contribution in [2.75, 3.05) is 6.54 Å². The summed E-state index contributed by atoms with van der Waals surface area (Å²) in [7, 11) is 0. The quantitative estimate of drug-likeness (QED) is 0.844. The zero-order valence-corrected chi connectivity index (χ0v) is 14.5. The molecule has 0 saturated heterocycles. The lowest BCUT2D eigenvalue weighted by Gasteiger charge is -2.28. The molecule has 5 nitrogen and oxygen atoms in total. The van der Waals surface area contributed by atoms with Gasteiger partial charge in [-0.15, -0.1) is 24.8 Å². The number of rotatable bonds is 6. The van der Waals surface area contributed by atoms with Crippen LogP contribution in [-0.4, -0.2) is 21.8 Å². The van der Waals surface area contributed by atoms with E-state index in [1.807, 2.05) is 48.8 Å². The second kappa shape index (κ2) is 8.98. The van der Waals surface area contributed by atoms with Crippen LogP contribution in [0.15, 0.2) is 30.6 Å². The van der Waals surface area contributed by atoms with Crippen LogP contribution in [0, 0.1) is 5.41 Å². The molecule has 0 spiro atoms. The van der Waals surface area contributed by atoms with Crippen molar-refractivity contribution in [1.29, 1.82) is 0 Å². The lowest BCUT2D eigenvalue weighted by Crippen LogP contribution is -2.45. The first-order chi connectivity index (χ1) is 9.65. The number of hydrogen-bond acceptors (Lipinski definition) is 3. The van der Waals surface area contributed by atoms with Crippen molar-refractivity contribution in [2.45, 2.75) is 33.2 Å². The number of nitrogens with zero attached hydrogens (tertiary/aromatic N) is 2. The Bertz CT molecular complexity index is 555. The minimum Gasteiger partial charge on any atom is -0.350 e. The zero-order valence-electron chi connectivity index (χ0n) is 12.9. The molecular formula is C15H24Cl2N4O. The van der Waals surface area contributed by atoms with Crippen molar-refractivity contribution in [3.05, 3.63) is 36.3 Å². The number of fused-ring (bicyclic) bond motifs is 1. The van der Waals surface area contributed by atoms with Gasteiger partial charge in [-0.2, -0.15) is 0 Å². The van der Waals surface area contributed by atoms with Gasteiger partial charge in [0.1, 0.15) is 5.65 Å². The summed E-state index contributed by atoms with van der Waals surface area (Å²) in [5, 5.41) is 2.96. The molecule has 0 aliphatic rings. The lowest BCUT2D eigenvalue weighted by atomic mass is 9.81. The molecule has 1 amide bonds. The molecule has 0 fully saturated rings. The smallest absolute Gasteiger partial charge is 0.227 e. The number of nitrogens with one attached hydrogen (secondary N) is 1. The molecule has 2 aromatic rings. The summed E-state index contributed by atoms with van der Waals surface area (Å²) in [6.07, 6.45) is 5.36. The first-order valence-electron chi connectivity index (χ1n) is 7.06.